The highest BCUT2D eigenvalue weighted by Crippen LogP contribution is 2.29. The lowest BCUT2D eigenvalue weighted by Crippen LogP contribution is -2.43. The van der Waals surface area contributed by atoms with Crippen LogP contribution in [-0.2, 0) is 4.79 Å². The minimum absolute atomic E-state index is 0.0104. The van der Waals surface area contributed by atoms with Crippen LogP contribution in [0.25, 0.3) is 11.4 Å². The molecule has 1 amide bonds. The van der Waals surface area contributed by atoms with Crippen LogP contribution >= 0.6 is 11.8 Å². The summed E-state index contributed by atoms with van der Waals surface area (Å²) in [6.07, 6.45) is 0. The molecule has 0 saturated heterocycles. The molecule has 0 radical (unpaired) electrons. The summed E-state index contributed by atoms with van der Waals surface area (Å²) in [7, 11) is 0. The zero-order valence-electron chi connectivity index (χ0n) is 10.8. The van der Waals surface area contributed by atoms with Crippen molar-refractivity contribution in [1.29, 1.82) is 0 Å². The largest absolute Gasteiger partial charge is 0.273 e. The van der Waals surface area contributed by atoms with Crippen LogP contribution in [0.2, 0.25) is 0 Å². The van der Waals surface area contributed by atoms with E-state index in [1.165, 1.54) is 0 Å². The van der Waals surface area contributed by atoms with E-state index in [1.807, 2.05) is 35.9 Å². The fourth-order valence-corrected chi connectivity index (χ4v) is 3.04. The number of aromatic nitrogens is 3. The summed E-state index contributed by atoms with van der Waals surface area (Å²) in [5, 5.41) is 10.9. The number of rotatable bonds is 1. The van der Waals surface area contributed by atoms with Gasteiger partial charge in [-0.05, 0) is 12.5 Å². The van der Waals surface area contributed by atoms with E-state index in [4.69, 9.17) is 0 Å². The van der Waals surface area contributed by atoms with Gasteiger partial charge in [-0.15, -0.1) is 10.2 Å². The molecule has 0 N–H and O–H groups in total. The maximum atomic E-state index is 11.8. The van der Waals surface area contributed by atoms with E-state index in [0.29, 0.717) is 6.54 Å². The SMILES string of the molecule is CC(=O)N1CCSc2nnc(-c3ccccc3C)n21. The van der Waals surface area contributed by atoms with Gasteiger partial charge in [0.25, 0.3) is 0 Å². The molecular weight excluding hydrogens is 260 g/mol. The van der Waals surface area contributed by atoms with Gasteiger partial charge in [0, 0.05) is 18.2 Å². The molecule has 1 aliphatic rings. The monoisotopic (exact) mass is 274 g/mol. The van der Waals surface area contributed by atoms with Crippen molar-refractivity contribution >= 4 is 17.7 Å². The molecule has 19 heavy (non-hydrogen) atoms. The number of thioether (sulfide) groups is 1. The number of hydrogen-bond donors (Lipinski definition) is 0. The van der Waals surface area contributed by atoms with Gasteiger partial charge in [-0.25, -0.2) is 9.69 Å². The minimum Gasteiger partial charge on any atom is -0.273 e. The third-order valence-electron chi connectivity index (χ3n) is 3.14. The number of aryl methyl sites for hydroxylation is 1. The fraction of sp³-hybridized carbons (Fsp3) is 0.308. The number of nitrogens with zero attached hydrogens (tertiary/aromatic N) is 4. The van der Waals surface area contributed by atoms with Crippen LogP contribution in [0.5, 0.6) is 0 Å². The normalized spacial score (nSPS) is 14.3. The Bertz CT molecular complexity index is 637. The first kappa shape index (κ1) is 12.2. The number of hydrogen-bond acceptors (Lipinski definition) is 4. The molecule has 0 bridgehead atoms. The molecule has 0 aliphatic carbocycles. The van der Waals surface area contributed by atoms with E-state index in [9.17, 15) is 4.79 Å². The van der Waals surface area contributed by atoms with Crippen molar-refractivity contribution in [2.24, 2.45) is 0 Å². The topological polar surface area (TPSA) is 51.0 Å². The van der Waals surface area contributed by atoms with Gasteiger partial charge in [-0.1, -0.05) is 36.0 Å². The van der Waals surface area contributed by atoms with Gasteiger partial charge in [0.05, 0.1) is 6.54 Å². The Kier molecular flexibility index (Phi) is 3.02. The lowest BCUT2D eigenvalue weighted by atomic mass is 10.1. The van der Waals surface area contributed by atoms with Gasteiger partial charge in [-0.3, -0.25) is 4.79 Å². The van der Waals surface area contributed by atoms with E-state index in [-0.39, 0.29) is 5.91 Å². The zero-order valence-corrected chi connectivity index (χ0v) is 11.6. The highest BCUT2D eigenvalue weighted by molar-refractivity contribution is 7.99. The smallest absolute Gasteiger partial charge is 0.238 e. The Balaban J connectivity index is 2.17. The maximum absolute atomic E-state index is 11.8. The molecule has 3 rings (SSSR count). The summed E-state index contributed by atoms with van der Waals surface area (Å²) in [5.41, 5.74) is 2.13. The number of carbonyl (C=O) groups excluding carboxylic acids is 1. The number of carbonyl (C=O) groups is 1. The van der Waals surface area contributed by atoms with Crippen LogP contribution in [0.15, 0.2) is 29.4 Å². The van der Waals surface area contributed by atoms with Gasteiger partial charge in [0.15, 0.2) is 5.82 Å². The van der Waals surface area contributed by atoms with Crippen molar-refractivity contribution in [3.63, 3.8) is 0 Å². The summed E-state index contributed by atoms with van der Waals surface area (Å²) >= 11 is 1.63. The quantitative estimate of drug-likeness (QED) is 0.796. The van der Waals surface area contributed by atoms with Crippen molar-refractivity contribution in [2.75, 3.05) is 17.3 Å². The molecule has 1 aliphatic heterocycles. The van der Waals surface area contributed by atoms with E-state index in [2.05, 4.69) is 10.2 Å². The number of amides is 1. The first-order chi connectivity index (χ1) is 9.18. The lowest BCUT2D eigenvalue weighted by Gasteiger charge is -2.28. The maximum Gasteiger partial charge on any atom is 0.238 e. The van der Waals surface area contributed by atoms with Crippen molar-refractivity contribution in [3.8, 4) is 11.4 Å². The second-order valence-corrected chi connectivity index (χ2v) is 5.49. The Morgan fingerprint density at radius 1 is 1.32 bits per heavy atom. The summed E-state index contributed by atoms with van der Waals surface area (Å²) in [4.78, 5) is 11.8. The Hall–Kier alpha value is -1.82. The predicted octanol–water partition coefficient (Wildman–Crippen LogP) is 1.84. The third kappa shape index (κ3) is 2.02. The van der Waals surface area contributed by atoms with Crippen molar-refractivity contribution in [2.45, 2.75) is 19.0 Å². The summed E-state index contributed by atoms with van der Waals surface area (Å²) in [5.74, 6) is 1.59. The molecule has 5 nitrogen and oxygen atoms in total. The molecular formula is C13H14N4OS. The fourth-order valence-electron chi connectivity index (χ4n) is 2.19. The van der Waals surface area contributed by atoms with Crippen molar-refractivity contribution in [3.05, 3.63) is 29.8 Å². The van der Waals surface area contributed by atoms with Gasteiger partial charge >= 0.3 is 0 Å². The Morgan fingerprint density at radius 2 is 2.11 bits per heavy atom. The van der Waals surface area contributed by atoms with Crippen LogP contribution in [0.1, 0.15) is 12.5 Å². The van der Waals surface area contributed by atoms with Gasteiger partial charge < -0.3 is 0 Å². The highest BCUT2D eigenvalue weighted by atomic mass is 32.2. The molecule has 0 fully saturated rings. The molecule has 2 heterocycles. The molecule has 0 unspecified atom stereocenters. The first-order valence-electron chi connectivity index (χ1n) is 6.11. The molecule has 0 atom stereocenters. The van der Waals surface area contributed by atoms with Gasteiger partial charge in [-0.2, -0.15) is 0 Å². The predicted molar refractivity (Wildman–Crippen MR) is 74.7 cm³/mol. The second kappa shape index (κ2) is 4.70. The van der Waals surface area contributed by atoms with Crippen molar-refractivity contribution in [1.82, 2.24) is 14.9 Å². The van der Waals surface area contributed by atoms with Crippen LogP contribution in [-0.4, -0.2) is 33.1 Å². The highest BCUT2D eigenvalue weighted by Gasteiger charge is 2.26. The average molecular weight is 274 g/mol. The van der Waals surface area contributed by atoms with Crippen LogP contribution in [0.4, 0.5) is 0 Å². The first-order valence-corrected chi connectivity index (χ1v) is 7.09. The van der Waals surface area contributed by atoms with Gasteiger partial charge in [0.2, 0.25) is 11.1 Å². The minimum atomic E-state index is 0.0104. The lowest BCUT2D eigenvalue weighted by molar-refractivity contribution is -0.118. The summed E-state index contributed by atoms with van der Waals surface area (Å²) in [6, 6.07) is 8.00. The van der Waals surface area contributed by atoms with Crippen LogP contribution in [0.3, 0.4) is 0 Å². The zero-order chi connectivity index (χ0) is 13.4. The molecule has 98 valence electrons. The number of fused-ring (bicyclic) bond motifs is 1. The molecule has 1 aromatic heterocycles. The van der Waals surface area contributed by atoms with Gasteiger partial charge in [0.1, 0.15) is 0 Å². The molecule has 6 heteroatoms. The molecule has 0 saturated carbocycles. The van der Waals surface area contributed by atoms with Crippen LogP contribution < -0.4 is 5.01 Å². The second-order valence-electron chi connectivity index (χ2n) is 4.42. The third-order valence-corrected chi connectivity index (χ3v) is 4.04. The van der Waals surface area contributed by atoms with E-state index in [1.54, 1.807) is 23.7 Å². The van der Waals surface area contributed by atoms with Crippen molar-refractivity contribution < 1.29 is 4.79 Å². The van der Waals surface area contributed by atoms with E-state index < -0.39 is 0 Å². The van der Waals surface area contributed by atoms with E-state index in [0.717, 1.165) is 27.9 Å². The Morgan fingerprint density at radius 3 is 2.84 bits per heavy atom. The standard InChI is InChI=1S/C13H14N4OS/c1-9-5-3-4-6-11(9)12-14-15-13-17(12)16(10(2)18)7-8-19-13/h3-6H,7-8H2,1-2H3. The molecule has 1 aromatic carbocycles. The Labute approximate surface area is 115 Å². The summed E-state index contributed by atoms with van der Waals surface area (Å²) in [6.45, 7) is 4.29. The molecule has 0 spiro atoms. The average Bonchev–Trinajstić information content (AvgIpc) is 2.82. The van der Waals surface area contributed by atoms with E-state index >= 15 is 0 Å². The van der Waals surface area contributed by atoms with Crippen LogP contribution in [0, 0.1) is 6.92 Å². The molecule has 2 aromatic rings. The summed E-state index contributed by atoms with van der Waals surface area (Å²) < 4.78 is 1.83. The number of benzene rings is 1.